The number of amides is 1. The standard InChI is InChI=1S/C26H35NO2/c1-6-27(25(28)29-26(3,4)5)24(20-23-15-11-8-12-16-23)18-17-21(2)19-22-13-9-7-10-14-22/h7-18,21,24H,6,19-20H2,1-5H3/b18-17+/t21-,24-/m1/s1. The fourth-order valence-electron chi connectivity index (χ4n) is 3.33. The van der Waals surface area contributed by atoms with Gasteiger partial charge in [0.2, 0.25) is 0 Å². The van der Waals surface area contributed by atoms with Crippen molar-refractivity contribution in [2.24, 2.45) is 5.92 Å². The first kappa shape index (κ1) is 22.7. The van der Waals surface area contributed by atoms with Crippen molar-refractivity contribution in [3.05, 3.63) is 83.9 Å². The molecule has 2 aromatic carbocycles. The Bertz CT molecular complexity index is 762. The summed E-state index contributed by atoms with van der Waals surface area (Å²) >= 11 is 0. The van der Waals surface area contributed by atoms with E-state index < -0.39 is 5.60 Å². The molecule has 0 aliphatic heterocycles. The lowest BCUT2D eigenvalue weighted by atomic mass is 9.98. The van der Waals surface area contributed by atoms with Crippen molar-refractivity contribution in [2.45, 2.75) is 59.1 Å². The Kier molecular flexibility index (Phi) is 8.50. The zero-order chi connectivity index (χ0) is 21.3. The number of hydrogen-bond donors (Lipinski definition) is 0. The highest BCUT2D eigenvalue weighted by Gasteiger charge is 2.26. The molecule has 3 nitrogen and oxygen atoms in total. The van der Waals surface area contributed by atoms with Crippen LogP contribution in [0.1, 0.15) is 45.7 Å². The Morgan fingerprint density at radius 2 is 1.45 bits per heavy atom. The molecule has 0 N–H and O–H groups in total. The van der Waals surface area contributed by atoms with E-state index in [4.69, 9.17) is 4.74 Å². The van der Waals surface area contributed by atoms with Gasteiger partial charge in [-0.1, -0.05) is 79.7 Å². The predicted molar refractivity (Wildman–Crippen MR) is 121 cm³/mol. The molecular formula is C26H35NO2. The number of ether oxygens (including phenoxy) is 1. The van der Waals surface area contributed by atoms with Gasteiger partial charge in [-0.2, -0.15) is 0 Å². The smallest absolute Gasteiger partial charge is 0.410 e. The van der Waals surface area contributed by atoms with Gasteiger partial charge in [-0.15, -0.1) is 0 Å². The van der Waals surface area contributed by atoms with Crippen LogP contribution in [0.25, 0.3) is 0 Å². The second-order valence-corrected chi connectivity index (χ2v) is 8.58. The summed E-state index contributed by atoms with van der Waals surface area (Å²) in [4.78, 5) is 14.7. The van der Waals surface area contributed by atoms with E-state index >= 15 is 0 Å². The fourth-order valence-corrected chi connectivity index (χ4v) is 3.33. The number of benzene rings is 2. The monoisotopic (exact) mass is 393 g/mol. The number of carbonyl (C=O) groups excluding carboxylic acids is 1. The molecule has 0 radical (unpaired) electrons. The molecule has 2 atom stereocenters. The molecule has 2 rings (SSSR count). The van der Waals surface area contributed by atoms with Crippen LogP contribution in [-0.4, -0.2) is 29.2 Å². The lowest BCUT2D eigenvalue weighted by Gasteiger charge is -2.31. The highest BCUT2D eigenvalue weighted by atomic mass is 16.6. The highest BCUT2D eigenvalue weighted by molar-refractivity contribution is 5.69. The SMILES string of the molecule is CCN(C(=O)OC(C)(C)C)[C@H](/C=C/[C@@H](C)Cc1ccccc1)Cc1ccccc1. The Balaban J connectivity index is 2.17. The molecule has 0 spiro atoms. The second kappa shape index (κ2) is 10.8. The maximum atomic E-state index is 12.8. The van der Waals surface area contributed by atoms with Crippen LogP contribution in [0.2, 0.25) is 0 Å². The maximum absolute atomic E-state index is 12.8. The van der Waals surface area contributed by atoms with Gasteiger partial charge < -0.3 is 9.64 Å². The summed E-state index contributed by atoms with van der Waals surface area (Å²) in [6.45, 7) is 10.5. The summed E-state index contributed by atoms with van der Waals surface area (Å²) in [5.74, 6) is 0.382. The largest absolute Gasteiger partial charge is 0.444 e. The molecule has 0 heterocycles. The first-order valence-corrected chi connectivity index (χ1v) is 10.5. The fraction of sp³-hybridized carbons (Fsp3) is 0.423. The molecule has 29 heavy (non-hydrogen) atoms. The van der Waals surface area contributed by atoms with E-state index in [1.54, 1.807) is 0 Å². The molecule has 0 saturated carbocycles. The molecule has 0 bridgehead atoms. The summed E-state index contributed by atoms with van der Waals surface area (Å²) in [6.07, 6.45) is 5.89. The third kappa shape index (κ3) is 8.15. The summed E-state index contributed by atoms with van der Waals surface area (Å²) in [5, 5.41) is 0. The average Bonchev–Trinajstić information content (AvgIpc) is 2.66. The van der Waals surface area contributed by atoms with Gasteiger partial charge >= 0.3 is 6.09 Å². The van der Waals surface area contributed by atoms with Crippen LogP contribution < -0.4 is 0 Å². The van der Waals surface area contributed by atoms with Gasteiger partial charge in [-0.25, -0.2) is 4.79 Å². The van der Waals surface area contributed by atoms with E-state index in [0.717, 1.165) is 12.8 Å². The Morgan fingerprint density at radius 1 is 0.931 bits per heavy atom. The molecule has 0 aliphatic carbocycles. The van der Waals surface area contributed by atoms with Crippen molar-refractivity contribution < 1.29 is 9.53 Å². The Morgan fingerprint density at radius 3 is 1.93 bits per heavy atom. The molecule has 0 aromatic heterocycles. The third-order valence-corrected chi connectivity index (χ3v) is 4.72. The zero-order valence-electron chi connectivity index (χ0n) is 18.5. The van der Waals surface area contributed by atoms with Gasteiger partial charge in [0.25, 0.3) is 0 Å². The molecule has 2 aromatic rings. The molecule has 0 fully saturated rings. The number of rotatable bonds is 8. The van der Waals surface area contributed by atoms with Gasteiger partial charge in [0.05, 0.1) is 6.04 Å². The first-order valence-electron chi connectivity index (χ1n) is 10.5. The summed E-state index contributed by atoms with van der Waals surface area (Å²) in [7, 11) is 0. The summed E-state index contributed by atoms with van der Waals surface area (Å²) in [6, 6.07) is 20.8. The molecule has 0 saturated heterocycles. The van der Waals surface area contributed by atoms with Crippen LogP contribution in [0.3, 0.4) is 0 Å². The zero-order valence-corrected chi connectivity index (χ0v) is 18.5. The third-order valence-electron chi connectivity index (χ3n) is 4.72. The van der Waals surface area contributed by atoms with Crippen LogP contribution >= 0.6 is 0 Å². The lowest BCUT2D eigenvalue weighted by molar-refractivity contribution is 0.0210. The van der Waals surface area contributed by atoms with E-state index in [1.807, 2.05) is 56.9 Å². The van der Waals surface area contributed by atoms with Crippen LogP contribution in [0.5, 0.6) is 0 Å². The van der Waals surface area contributed by atoms with Crippen molar-refractivity contribution in [3.8, 4) is 0 Å². The molecule has 0 aliphatic rings. The average molecular weight is 394 g/mol. The minimum atomic E-state index is -0.508. The number of carbonyl (C=O) groups is 1. The maximum Gasteiger partial charge on any atom is 0.410 e. The number of likely N-dealkylation sites (N-methyl/N-ethyl adjacent to an activating group) is 1. The van der Waals surface area contributed by atoms with Crippen LogP contribution in [0.15, 0.2) is 72.8 Å². The minimum absolute atomic E-state index is 0.0459. The number of nitrogens with zero attached hydrogens (tertiary/aromatic N) is 1. The van der Waals surface area contributed by atoms with Gasteiger partial charge in [0, 0.05) is 6.54 Å². The van der Waals surface area contributed by atoms with Crippen molar-refractivity contribution in [1.82, 2.24) is 4.90 Å². The lowest BCUT2D eigenvalue weighted by Crippen LogP contribution is -2.43. The van der Waals surface area contributed by atoms with Gasteiger partial charge in [0.1, 0.15) is 5.60 Å². The first-order chi connectivity index (χ1) is 13.8. The molecule has 3 heteroatoms. The van der Waals surface area contributed by atoms with E-state index in [9.17, 15) is 4.79 Å². The van der Waals surface area contributed by atoms with Crippen molar-refractivity contribution in [1.29, 1.82) is 0 Å². The summed E-state index contributed by atoms with van der Waals surface area (Å²) in [5.41, 5.74) is 2.02. The second-order valence-electron chi connectivity index (χ2n) is 8.58. The van der Waals surface area contributed by atoms with E-state index in [2.05, 4.69) is 55.5 Å². The Hall–Kier alpha value is -2.55. The molecule has 156 valence electrons. The molecule has 1 amide bonds. The van der Waals surface area contributed by atoms with E-state index in [1.165, 1.54) is 11.1 Å². The predicted octanol–water partition coefficient (Wildman–Crippen LogP) is 6.29. The quantitative estimate of drug-likeness (QED) is 0.493. The highest BCUT2D eigenvalue weighted by Crippen LogP contribution is 2.17. The van der Waals surface area contributed by atoms with E-state index in [0.29, 0.717) is 12.5 Å². The van der Waals surface area contributed by atoms with Crippen LogP contribution in [0.4, 0.5) is 4.79 Å². The molecular weight excluding hydrogens is 358 g/mol. The van der Waals surface area contributed by atoms with Crippen molar-refractivity contribution in [3.63, 3.8) is 0 Å². The Labute approximate surface area is 176 Å². The summed E-state index contributed by atoms with van der Waals surface area (Å²) < 4.78 is 5.66. The number of hydrogen-bond acceptors (Lipinski definition) is 2. The topological polar surface area (TPSA) is 29.5 Å². The van der Waals surface area contributed by atoms with Gasteiger partial charge in [0.15, 0.2) is 0 Å². The normalized spacial score (nSPS) is 13.8. The molecule has 0 unspecified atom stereocenters. The number of allylic oxidation sites excluding steroid dienone is 1. The van der Waals surface area contributed by atoms with Crippen LogP contribution in [0, 0.1) is 5.92 Å². The van der Waals surface area contributed by atoms with E-state index in [-0.39, 0.29) is 12.1 Å². The van der Waals surface area contributed by atoms with Crippen molar-refractivity contribution >= 4 is 6.09 Å². The van der Waals surface area contributed by atoms with Crippen molar-refractivity contribution in [2.75, 3.05) is 6.54 Å². The van der Waals surface area contributed by atoms with Crippen LogP contribution in [-0.2, 0) is 17.6 Å². The minimum Gasteiger partial charge on any atom is -0.444 e. The van der Waals surface area contributed by atoms with Gasteiger partial charge in [-0.3, -0.25) is 0 Å². The van der Waals surface area contributed by atoms with Gasteiger partial charge in [-0.05, 0) is 57.6 Å².